The Balaban J connectivity index is 1.22. The number of benzene rings is 1. The fourth-order valence-corrected chi connectivity index (χ4v) is 5.07. The summed E-state index contributed by atoms with van der Waals surface area (Å²) in [5.41, 5.74) is 2.60. The Labute approximate surface area is 161 Å². The highest BCUT2D eigenvalue weighted by molar-refractivity contribution is 5.89. The molecule has 2 amide bonds. The predicted molar refractivity (Wildman–Crippen MR) is 106 cm³/mol. The van der Waals surface area contributed by atoms with Gasteiger partial charge in [-0.05, 0) is 61.1 Å². The van der Waals surface area contributed by atoms with Crippen molar-refractivity contribution in [1.82, 2.24) is 10.2 Å². The molecule has 1 heterocycles. The fraction of sp³-hybridized carbons (Fsp3) is 0.591. The van der Waals surface area contributed by atoms with Crippen LogP contribution in [-0.4, -0.2) is 36.6 Å². The van der Waals surface area contributed by atoms with Gasteiger partial charge < -0.3 is 10.6 Å². The van der Waals surface area contributed by atoms with Gasteiger partial charge in [0.25, 0.3) is 0 Å². The molecule has 1 saturated heterocycles. The minimum Gasteiger partial charge on any atom is -0.335 e. The van der Waals surface area contributed by atoms with Crippen molar-refractivity contribution in [2.75, 3.05) is 25.0 Å². The summed E-state index contributed by atoms with van der Waals surface area (Å²) < 4.78 is 13.2. The molecule has 1 aromatic rings. The van der Waals surface area contributed by atoms with E-state index in [0.29, 0.717) is 11.1 Å². The second-order valence-electron chi connectivity index (χ2n) is 8.98. The van der Waals surface area contributed by atoms with Crippen molar-refractivity contribution < 1.29 is 9.18 Å². The van der Waals surface area contributed by atoms with Crippen molar-refractivity contribution in [3.63, 3.8) is 0 Å². The smallest absolute Gasteiger partial charge is 0.319 e. The van der Waals surface area contributed by atoms with E-state index in [1.165, 1.54) is 25.0 Å². The first kappa shape index (κ1) is 18.5. The van der Waals surface area contributed by atoms with Gasteiger partial charge in [-0.15, -0.1) is 0 Å². The third kappa shape index (κ3) is 3.88. The number of likely N-dealkylation sites (tertiary alicyclic amines) is 1. The molecule has 2 atom stereocenters. The van der Waals surface area contributed by atoms with E-state index in [4.69, 9.17) is 0 Å². The summed E-state index contributed by atoms with van der Waals surface area (Å²) in [5.74, 6) is 1.31. The van der Waals surface area contributed by atoms with Crippen molar-refractivity contribution in [2.45, 2.75) is 45.6 Å². The van der Waals surface area contributed by atoms with Gasteiger partial charge in [0.1, 0.15) is 5.82 Å². The maximum atomic E-state index is 13.2. The van der Waals surface area contributed by atoms with Crippen LogP contribution in [0.4, 0.5) is 14.9 Å². The van der Waals surface area contributed by atoms with Gasteiger partial charge in [-0.25, -0.2) is 9.18 Å². The van der Waals surface area contributed by atoms with Crippen LogP contribution in [0.2, 0.25) is 0 Å². The maximum Gasteiger partial charge on any atom is 0.319 e. The number of amides is 2. The third-order valence-corrected chi connectivity index (χ3v) is 6.99. The molecule has 27 heavy (non-hydrogen) atoms. The molecule has 3 aliphatic carbocycles. The zero-order valence-corrected chi connectivity index (χ0v) is 16.3. The van der Waals surface area contributed by atoms with E-state index in [9.17, 15) is 9.18 Å². The number of halogens is 1. The number of hydrogen-bond acceptors (Lipinski definition) is 2. The highest BCUT2D eigenvalue weighted by Crippen LogP contribution is 2.59. The van der Waals surface area contributed by atoms with Gasteiger partial charge in [0, 0.05) is 31.4 Å². The highest BCUT2D eigenvalue weighted by Gasteiger charge is 2.51. The molecule has 1 aliphatic heterocycles. The van der Waals surface area contributed by atoms with Gasteiger partial charge in [0.2, 0.25) is 0 Å². The van der Waals surface area contributed by atoms with Crippen molar-refractivity contribution in [3.05, 3.63) is 41.7 Å². The SMILES string of the molecule is CC1(C)[C@H]2CC=C(CN3CCC(NC(=O)Nc4cccc(F)c4)CC3)[C@H]1C2. The van der Waals surface area contributed by atoms with E-state index in [-0.39, 0.29) is 17.9 Å². The molecular weight excluding hydrogens is 341 g/mol. The van der Waals surface area contributed by atoms with Crippen LogP contribution in [0.5, 0.6) is 0 Å². The zero-order chi connectivity index (χ0) is 19.0. The van der Waals surface area contributed by atoms with E-state index in [1.54, 1.807) is 17.7 Å². The fourth-order valence-electron chi connectivity index (χ4n) is 5.07. The molecule has 4 nitrogen and oxygen atoms in total. The summed E-state index contributed by atoms with van der Waals surface area (Å²) in [6, 6.07) is 5.90. The zero-order valence-electron chi connectivity index (χ0n) is 16.3. The number of allylic oxidation sites excluding steroid dienone is 1. The lowest BCUT2D eigenvalue weighted by Gasteiger charge is -2.57. The lowest BCUT2D eigenvalue weighted by Crippen LogP contribution is -2.51. The molecule has 0 aromatic heterocycles. The Bertz CT molecular complexity index is 737. The first-order valence-corrected chi connectivity index (χ1v) is 10.2. The average molecular weight is 372 g/mol. The van der Waals surface area contributed by atoms with Crippen LogP contribution in [0, 0.1) is 23.1 Å². The molecule has 2 bridgehead atoms. The summed E-state index contributed by atoms with van der Waals surface area (Å²) in [7, 11) is 0. The molecule has 0 radical (unpaired) electrons. The normalized spacial score (nSPS) is 27.4. The Morgan fingerprint density at radius 1 is 1.30 bits per heavy atom. The van der Waals surface area contributed by atoms with E-state index in [1.807, 2.05) is 0 Å². The third-order valence-electron chi connectivity index (χ3n) is 6.99. The Hall–Kier alpha value is -1.88. The van der Waals surface area contributed by atoms with Gasteiger partial charge >= 0.3 is 6.03 Å². The number of nitrogens with one attached hydrogen (secondary N) is 2. The number of carbonyl (C=O) groups is 1. The van der Waals surface area contributed by atoms with Crippen LogP contribution in [0.25, 0.3) is 0 Å². The lowest BCUT2D eigenvalue weighted by molar-refractivity contribution is -0.0113. The average Bonchev–Trinajstić information content (AvgIpc) is 2.63. The van der Waals surface area contributed by atoms with Gasteiger partial charge in [0.05, 0.1) is 0 Å². The molecule has 1 saturated carbocycles. The molecule has 1 aromatic carbocycles. The van der Waals surface area contributed by atoms with Crippen LogP contribution < -0.4 is 10.6 Å². The lowest BCUT2D eigenvalue weighted by atomic mass is 9.49. The van der Waals surface area contributed by atoms with Crippen molar-refractivity contribution >= 4 is 11.7 Å². The van der Waals surface area contributed by atoms with Gasteiger partial charge in [0.15, 0.2) is 0 Å². The minimum atomic E-state index is -0.348. The summed E-state index contributed by atoms with van der Waals surface area (Å²) in [5, 5.41) is 5.74. The molecule has 2 fully saturated rings. The van der Waals surface area contributed by atoms with Gasteiger partial charge in [-0.3, -0.25) is 4.90 Å². The van der Waals surface area contributed by atoms with E-state index in [0.717, 1.165) is 44.3 Å². The second kappa shape index (κ2) is 7.27. The van der Waals surface area contributed by atoms with Crippen molar-refractivity contribution in [1.29, 1.82) is 0 Å². The maximum absolute atomic E-state index is 13.2. The minimum absolute atomic E-state index is 0.180. The van der Waals surface area contributed by atoms with Crippen LogP contribution in [0.3, 0.4) is 0 Å². The molecule has 2 N–H and O–H groups in total. The van der Waals surface area contributed by atoms with Crippen molar-refractivity contribution in [3.8, 4) is 0 Å². The van der Waals surface area contributed by atoms with E-state index < -0.39 is 0 Å². The van der Waals surface area contributed by atoms with E-state index in [2.05, 4.69) is 35.5 Å². The van der Waals surface area contributed by atoms with Gasteiger partial charge in [-0.1, -0.05) is 31.6 Å². The summed E-state index contributed by atoms with van der Waals surface area (Å²) >= 11 is 0. The number of nitrogens with zero attached hydrogens (tertiary/aromatic N) is 1. The van der Waals surface area contributed by atoms with Crippen molar-refractivity contribution in [2.24, 2.45) is 17.3 Å². The standard InChI is InChI=1S/C22H30FN3O/c1-22(2)16-7-6-15(20(22)12-16)14-26-10-8-18(9-11-26)24-21(27)25-19-5-3-4-17(23)13-19/h3-6,13,16,18,20H,7-12,14H2,1-2H3,(H2,24,25,27)/t16-,20+/m0/s1. The molecule has 4 aliphatic rings. The number of hydrogen-bond donors (Lipinski definition) is 2. The Kier molecular flexibility index (Phi) is 4.97. The number of rotatable bonds is 4. The predicted octanol–water partition coefficient (Wildman–Crippen LogP) is 4.40. The largest absolute Gasteiger partial charge is 0.335 e. The first-order chi connectivity index (χ1) is 12.9. The Morgan fingerprint density at radius 3 is 2.74 bits per heavy atom. The number of urea groups is 1. The first-order valence-electron chi connectivity index (χ1n) is 10.2. The summed E-state index contributed by atoms with van der Waals surface area (Å²) in [6.07, 6.45) is 7.02. The number of fused-ring (bicyclic) bond motifs is 1. The monoisotopic (exact) mass is 371 g/mol. The number of carbonyl (C=O) groups excluding carboxylic acids is 1. The quantitative estimate of drug-likeness (QED) is 0.771. The van der Waals surface area contributed by atoms with Crippen LogP contribution >= 0.6 is 0 Å². The van der Waals surface area contributed by atoms with Crippen LogP contribution in [-0.2, 0) is 0 Å². The Morgan fingerprint density at radius 2 is 2.07 bits per heavy atom. The molecular formula is C22H30FN3O. The molecule has 0 unspecified atom stereocenters. The van der Waals surface area contributed by atoms with E-state index >= 15 is 0 Å². The number of piperidine rings is 1. The highest BCUT2D eigenvalue weighted by atomic mass is 19.1. The van der Waals surface area contributed by atoms with Crippen LogP contribution in [0.1, 0.15) is 39.5 Å². The second-order valence-corrected chi connectivity index (χ2v) is 8.98. The molecule has 5 rings (SSSR count). The molecule has 146 valence electrons. The van der Waals surface area contributed by atoms with Crippen LogP contribution in [0.15, 0.2) is 35.9 Å². The number of anilines is 1. The molecule has 0 spiro atoms. The van der Waals surface area contributed by atoms with Gasteiger partial charge in [-0.2, -0.15) is 0 Å². The molecule has 5 heteroatoms. The topological polar surface area (TPSA) is 44.4 Å². The summed E-state index contributed by atoms with van der Waals surface area (Å²) in [6.45, 7) is 7.96. The summed E-state index contributed by atoms with van der Waals surface area (Å²) in [4.78, 5) is 14.7.